The van der Waals surface area contributed by atoms with Gasteiger partial charge < -0.3 is 15.4 Å². The summed E-state index contributed by atoms with van der Waals surface area (Å²) in [5, 5.41) is 0. The summed E-state index contributed by atoms with van der Waals surface area (Å²) in [4.78, 5) is 3.16. The lowest BCUT2D eigenvalue weighted by Gasteiger charge is -2.39. The maximum absolute atomic E-state index is 5.80. The quantitative estimate of drug-likeness (QED) is 0.767. The first-order valence-electron chi connectivity index (χ1n) is 6.36. The number of ether oxygens (including phenoxy) is 1. The lowest BCUT2D eigenvalue weighted by atomic mass is 9.80. The monoisotopic (exact) mass is 258 g/mol. The van der Waals surface area contributed by atoms with E-state index in [0.29, 0.717) is 4.99 Å². The second-order valence-corrected chi connectivity index (χ2v) is 6.42. The van der Waals surface area contributed by atoms with Crippen LogP contribution in [0.25, 0.3) is 0 Å². The third kappa shape index (κ3) is 4.19. The van der Waals surface area contributed by atoms with Crippen molar-refractivity contribution >= 4 is 17.2 Å². The Morgan fingerprint density at radius 3 is 2.35 bits per heavy atom. The Morgan fingerprint density at radius 2 is 1.94 bits per heavy atom. The van der Waals surface area contributed by atoms with Crippen molar-refractivity contribution in [2.45, 2.75) is 45.6 Å². The molecule has 0 saturated carbocycles. The van der Waals surface area contributed by atoms with Crippen LogP contribution in [0.4, 0.5) is 0 Å². The first-order valence-corrected chi connectivity index (χ1v) is 6.77. The van der Waals surface area contributed by atoms with Crippen LogP contribution in [-0.4, -0.2) is 42.2 Å². The number of nitrogens with two attached hydrogens (primary N) is 1. The number of rotatable bonds is 5. The van der Waals surface area contributed by atoms with Crippen LogP contribution in [0.1, 0.15) is 40.0 Å². The Bertz CT molecular complexity index is 271. The zero-order valence-corrected chi connectivity index (χ0v) is 12.4. The molecular weight excluding hydrogens is 232 g/mol. The third-order valence-corrected chi connectivity index (χ3v) is 4.63. The minimum Gasteiger partial charge on any atom is -0.393 e. The van der Waals surface area contributed by atoms with Crippen molar-refractivity contribution in [2.24, 2.45) is 11.1 Å². The first kappa shape index (κ1) is 14.9. The number of likely N-dealkylation sites (tertiary alicyclic amines) is 1. The van der Waals surface area contributed by atoms with Crippen LogP contribution in [0.3, 0.4) is 0 Å². The van der Waals surface area contributed by atoms with Crippen LogP contribution in [0, 0.1) is 5.41 Å². The second kappa shape index (κ2) is 5.63. The number of nitrogens with zero attached hydrogens (tertiary/aromatic N) is 1. The minimum absolute atomic E-state index is 0.0239. The van der Waals surface area contributed by atoms with Crippen molar-refractivity contribution in [3.05, 3.63) is 0 Å². The average Bonchev–Trinajstić information content (AvgIpc) is 2.28. The molecule has 0 spiro atoms. The lowest BCUT2D eigenvalue weighted by molar-refractivity contribution is 0.00417. The van der Waals surface area contributed by atoms with Gasteiger partial charge in [0, 0.05) is 19.1 Å². The molecule has 0 atom stereocenters. The highest BCUT2D eigenvalue weighted by Gasteiger charge is 2.32. The third-order valence-electron chi connectivity index (χ3n) is 4.14. The number of hydrogen-bond acceptors (Lipinski definition) is 3. The fourth-order valence-corrected chi connectivity index (χ4v) is 2.25. The molecule has 1 aliphatic heterocycles. The smallest absolute Gasteiger partial charge is 0.0788 e. The topological polar surface area (TPSA) is 38.5 Å². The van der Waals surface area contributed by atoms with Crippen molar-refractivity contribution in [3.8, 4) is 0 Å². The highest BCUT2D eigenvalue weighted by atomic mass is 32.1. The van der Waals surface area contributed by atoms with E-state index < -0.39 is 0 Å². The van der Waals surface area contributed by atoms with Gasteiger partial charge in [-0.25, -0.2) is 0 Å². The summed E-state index contributed by atoms with van der Waals surface area (Å²) in [6, 6.07) is 0. The maximum atomic E-state index is 5.80. The van der Waals surface area contributed by atoms with Gasteiger partial charge in [-0.3, -0.25) is 0 Å². The van der Waals surface area contributed by atoms with E-state index >= 15 is 0 Å². The van der Waals surface area contributed by atoms with Gasteiger partial charge in [0.05, 0.1) is 10.6 Å². The molecular formula is C13H26N2OS. The maximum Gasteiger partial charge on any atom is 0.0788 e. The average molecular weight is 258 g/mol. The Hall–Kier alpha value is -0.190. The molecule has 0 amide bonds. The van der Waals surface area contributed by atoms with E-state index in [1.807, 2.05) is 0 Å². The fraction of sp³-hybridized carbons (Fsp3) is 0.923. The molecule has 3 nitrogen and oxygen atoms in total. The molecule has 1 heterocycles. The van der Waals surface area contributed by atoms with E-state index in [1.165, 1.54) is 0 Å². The molecule has 0 aromatic carbocycles. The molecule has 0 unspecified atom stereocenters. The second-order valence-electron chi connectivity index (χ2n) is 5.98. The number of methoxy groups -OCH3 is 1. The summed E-state index contributed by atoms with van der Waals surface area (Å²) in [6.07, 6.45) is 3.22. The molecule has 1 saturated heterocycles. The number of thiocarbonyl (C=S) groups is 1. The number of piperidine rings is 1. The van der Waals surface area contributed by atoms with Gasteiger partial charge in [0.25, 0.3) is 0 Å². The SMILES string of the molecule is COC(C)(C)CCN1CCC(C)(C(N)=S)CC1. The molecule has 0 aromatic rings. The Morgan fingerprint density at radius 1 is 1.41 bits per heavy atom. The van der Waals surface area contributed by atoms with Crippen molar-refractivity contribution in [1.29, 1.82) is 0 Å². The van der Waals surface area contributed by atoms with Crippen LogP contribution >= 0.6 is 12.2 Å². The van der Waals surface area contributed by atoms with Crippen LogP contribution in [0.5, 0.6) is 0 Å². The molecule has 0 bridgehead atoms. The molecule has 1 aliphatic rings. The van der Waals surface area contributed by atoms with Crippen LogP contribution in [0.15, 0.2) is 0 Å². The van der Waals surface area contributed by atoms with Crippen molar-refractivity contribution in [3.63, 3.8) is 0 Å². The molecule has 17 heavy (non-hydrogen) atoms. The van der Waals surface area contributed by atoms with E-state index in [-0.39, 0.29) is 11.0 Å². The number of hydrogen-bond donors (Lipinski definition) is 1. The van der Waals surface area contributed by atoms with E-state index in [0.717, 1.165) is 38.9 Å². The molecule has 1 fully saturated rings. The van der Waals surface area contributed by atoms with E-state index in [1.54, 1.807) is 7.11 Å². The molecule has 0 aromatic heterocycles. The van der Waals surface area contributed by atoms with Crippen molar-refractivity contribution < 1.29 is 4.74 Å². The summed E-state index contributed by atoms with van der Waals surface area (Å²) in [6.45, 7) is 9.73. The molecule has 1 rings (SSSR count). The van der Waals surface area contributed by atoms with Gasteiger partial charge in [-0.2, -0.15) is 0 Å². The standard InChI is InChI=1S/C13H26N2OS/c1-12(2,16-4)5-8-15-9-6-13(3,7-10-15)11(14)17/h5-10H2,1-4H3,(H2,14,17). The van der Waals surface area contributed by atoms with Gasteiger partial charge in [0.15, 0.2) is 0 Å². The minimum atomic E-state index is -0.0239. The highest BCUT2D eigenvalue weighted by Crippen LogP contribution is 2.31. The van der Waals surface area contributed by atoms with Crippen molar-refractivity contribution in [1.82, 2.24) is 4.90 Å². The Balaban J connectivity index is 2.36. The lowest BCUT2D eigenvalue weighted by Crippen LogP contribution is -2.45. The normalized spacial score (nSPS) is 21.4. The fourth-order valence-electron chi connectivity index (χ4n) is 2.05. The summed E-state index contributed by atoms with van der Waals surface area (Å²) in [5.41, 5.74) is 5.85. The first-order chi connectivity index (χ1) is 7.79. The Kier molecular flexibility index (Phi) is 4.93. The van der Waals surface area contributed by atoms with Gasteiger partial charge in [0.1, 0.15) is 0 Å². The summed E-state index contributed by atoms with van der Waals surface area (Å²) >= 11 is 5.15. The highest BCUT2D eigenvalue weighted by molar-refractivity contribution is 7.80. The predicted octanol–water partition coefficient (Wildman–Crippen LogP) is 2.19. The van der Waals surface area contributed by atoms with Gasteiger partial charge >= 0.3 is 0 Å². The van der Waals surface area contributed by atoms with E-state index in [9.17, 15) is 0 Å². The summed E-state index contributed by atoms with van der Waals surface area (Å²) < 4.78 is 5.44. The molecule has 0 radical (unpaired) electrons. The van der Waals surface area contributed by atoms with Crippen molar-refractivity contribution in [2.75, 3.05) is 26.7 Å². The van der Waals surface area contributed by atoms with Crippen LogP contribution < -0.4 is 5.73 Å². The van der Waals surface area contributed by atoms with E-state index in [2.05, 4.69) is 25.7 Å². The van der Waals surface area contributed by atoms with Crippen LogP contribution in [-0.2, 0) is 4.74 Å². The molecule has 4 heteroatoms. The van der Waals surface area contributed by atoms with Gasteiger partial charge in [0.2, 0.25) is 0 Å². The predicted molar refractivity (Wildman–Crippen MR) is 76.3 cm³/mol. The largest absolute Gasteiger partial charge is 0.393 e. The zero-order valence-electron chi connectivity index (χ0n) is 11.6. The Labute approximate surface area is 111 Å². The van der Waals surface area contributed by atoms with Gasteiger partial charge in [-0.05, 0) is 46.2 Å². The molecule has 0 aliphatic carbocycles. The molecule has 100 valence electrons. The van der Waals surface area contributed by atoms with E-state index in [4.69, 9.17) is 22.7 Å². The summed E-state index contributed by atoms with van der Waals surface area (Å²) in [5.74, 6) is 0. The molecule has 2 N–H and O–H groups in total. The van der Waals surface area contributed by atoms with Gasteiger partial charge in [-0.1, -0.05) is 19.1 Å². The van der Waals surface area contributed by atoms with Gasteiger partial charge in [-0.15, -0.1) is 0 Å². The van der Waals surface area contributed by atoms with Crippen LogP contribution in [0.2, 0.25) is 0 Å². The summed E-state index contributed by atoms with van der Waals surface area (Å²) in [7, 11) is 1.78. The zero-order chi connectivity index (χ0) is 13.1.